The number of rotatable bonds is 6. The summed E-state index contributed by atoms with van der Waals surface area (Å²) in [6.07, 6.45) is 3.00. The molecule has 3 aromatic carbocycles. The lowest BCUT2D eigenvalue weighted by Gasteiger charge is -2.09. The van der Waals surface area contributed by atoms with Crippen molar-refractivity contribution in [2.75, 3.05) is 12.8 Å². The first kappa shape index (κ1) is 25.5. The molecule has 0 bridgehead atoms. The summed E-state index contributed by atoms with van der Waals surface area (Å²) in [6, 6.07) is 20.0. The lowest BCUT2D eigenvalue weighted by Crippen LogP contribution is -2.14. The highest BCUT2D eigenvalue weighted by Crippen LogP contribution is 2.39. The summed E-state index contributed by atoms with van der Waals surface area (Å²) in [5.41, 5.74) is 9.28. The Kier molecular flexibility index (Phi) is 6.22. The van der Waals surface area contributed by atoms with Crippen LogP contribution in [0.3, 0.4) is 0 Å². The van der Waals surface area contributed by atoms with E-state index in [9.17, 15) is 16.8 Å². The summed E-state index contributed by atoms with van der Waals surface area (Å²) in [5, 5.41) is 5.86. The highest BCUT2D eigenvalue weighted by molar-refractivity contribution is 7.90. The van der Waals surface area contributed by atoms with Gasteiger partial charge in [-0.3, -0.25) is 0 Å². The number of nitrogen functional groups attached to an aromatic ring is 1. The van der Waals surface area contributed by atoms with Crippen LogP contribution in [0.25, 0.3) is 33.3 Å². The molecule has 0 atom stereocenters. The largest absolute Gasteiger partial charge is 0.496 e. The molecule has 0 unspecified atom stereocenters. The van der Waals surface area contributed by atoms with Gasteiger partial charge in [0.05, 0.1) is 17.7 Å². The molecule has 0 aliphatic carbocycles. The molecular weight excluding hydrogens is 524 g/mol. The van der Waals surface area contributed by atoms with E-state index < -0.39 is 20.0 Å². The molecule has 4 N–H and O–H groups in total. The van der Waals surface area contributed by atoms with Gasteiger partial charge >= 0.3 is 0 Å². The number of methoxy groups -OCH3 is 1. The number of aromatic nitrogens is 2. The molecule has 0 radical (unpaired) electrons. The van der Waals surface area contributed by atoms with E-state index in [2.05, 4.69) is 4.98 Å². The topological polar surface area (TPSA) is 147 Å². The number of hydrogen-bond acceptors (Lipinski definition) is 7. The monoisotopic (exact) mass is 548 g/mol. The second kappa shape index (κ2) is 9.28. The van der Waals surface area contributed by atoms with Gasteiger partial charge in [-0.05, 0) is 48.9 Å². The molecule has 0 aliphatic rings. The summed E-state index contributed by atoms with van der Waals surface area (Å²) in [7, 11) is -6.52. The highest BCUT2D eigenvalue weighted by atomic mass is 32.2. The van der Waals surface area contributed by atoms with E-state index in [4.69, 9.17) is 15.6 Å². The van der Waals surface area contributed by atoms with Crippen LogP contribution in [-0.2, 0) is 20.0 Å². The Hall–Kier alpha value is -4.19. The number of pyridine rings is 1. The number of anilines is 1. The van der Waals surface area contributed by atoms with E-state index in [1.54, 1.807) is 42.5 Å². The highest BCUT2D eigenvalue weighted by Gasteiger charge is 2.24. The van der Waals surface area contributed by atoms with Crippen molar-refractivity contribution in [3.8, 4) is 28.0 Å². The van der Waals surface area contributed by atoms with Gasteiger partial charge in [0, 0.05) is 34.5 Å². The number of sulfonamides is 1. The minimum absolute atomic E-state index is 0.0235. The molecule has 0 aliphatic heterocycles. The molecule has 38 heavy (non-hydrogen) atoms. The van der Waals surface area contributed by atoms with Gasteiger partial charge in [-0.2, -0.15) is 0 Å². The first-order chi connectivity index (χ1) is 18.0. The van der Waals surface area contributed by atoms with Crippen LogP contribution in [0.5, 0.6) is 5.75 Å². The van der Waals surface area contributed by atoms with E-state index >= 15 is 0 Å². The van der Waals surface area contributed by atoms with Crippen molar-refractivity contribution in [1.82, 2.24) is 8.96 Å². The van der Waals surface area contributed by atoms with Gasteiger partial charge < -0.3 is 10.5 Å². The Morgan fingerprint density at radius 1 is 0.868 bits per heavy atom. The molecule has 0 amide bonds. The molecule has 11 heteroatoms. The molecule has 5 aromatic rings. The van der Waals surface area contributed by atoms with Crippen molar-refractivity contribution in [2.24, 2.45) is 5.14 Å². The fraction of sp³-hybridized carbons (Fsp3) is 0.0741. The summed E-state index contributed by atoms with van der Waals surface area (Å²) < 4.78 is 58.2. The zero-order valence-electron chi connectivity index (χ0n) is 20.5. The van der Waals surface area contributed by atoms with Crippen LogP contribution in [0.15, 0.2) is 95.0 Å². The van der Waals surface area contributed by atoms with Gasteiger partial charge in [-0.1, -0.05) is 42.0 Å². The number of aryl methyl sites for hydroxylation is 1. The molecule has 2 heterocycles. The number of benzene rings is 3. The van der Waals surface area contributed by atoms with Gasteiger partial charge in [0.25, 0.3) is 10.0 Å². The third-order valence-corrected chi connectivity index (χ3v) is 8.87. The third-order valence-electron chi connectivity index (χ3n) is 6.24. The molecule has 0 fully saturated rings. The van der Waals surface area contributed by atoms with Crippen molar-refractivity contribution in [1.29, 1.82) is 0 Å². The van der Waals surface area contributed by atoms with Crippen molar-refractivity contribution in [3.63, 3.8) is 0 Å². The van der Waals surface area contributed by atoms with E-state index in [1.807, 2.05) is 25.1 Å². The number of hydrogen-bond donors (Lipinski definition) is 2. The summed E-state index contributed by atoms with van der Waals surface area (Å²) >= 11 is 0. The average Bonchev–Trinajstić information content (AvgIpc) is 3.28. The number of primary sulfonamides is 1. The van der Waals surface area contributed by atoms with Crippen LogP contribution in [0.2, 0.25) is 0 Å². The zero-order valence-corrected chi connectivity index (χ0v) is 22.1. The van der Waals surface area contributed by atoms with Gasteiger partial charge in [0.15, 0.2) is 5.65 Å². The average molecular weight is 549 g/mol. The Labute approximate surface area is 220 Å². The van der Waals surface area contributed by atoms with E-state index in [-0.39, 0.29) is 21.1 Å². The minimum Gasteiger partial charge on any atom is -0.496 e. The summed E-state index contributed by atoms with van der Waals surface area (Å²) in [4.78, 5) is 4.42. The SMILES string of the molecule is COc1ccccc1-c1cn(S(=O)(=O)c2ccc(C)cc2)c2ncc(-c3ccc(N)c(S(N)(=O)=O)c3)cc12. The molecular formula is C27H24N4O5S2. The summed E-state index contributed by atoms with van der Waals surface area (Å²) in [5.74, 6) is 0.550. The number of nitrogens with two attached hydrogens (primary N) is 2. The van der Waals surface area contributed by atoms with Crippen LogP contribution in [-0.4, -0.2) is 32.9 Å². The lowest BCUT2D eigenvalue weighted by atomic mass is 10.0. The number of nitrogens with zero attached hydrogens (tertiary/aromatic N) is 2. The molecule has 194 valence electrons. The normalized spacial score (nSPS) is 12.1. The number of fused-ring (bicyclic) bond motifs is 1. The molecule has 0 spiro atoms. The van der Waals surface area contributed by atoms with Crippen molar-refractivity contribution < 1.29 is 21.6 Å². The standard InChI is InChI=1S/C27H24N4O5S2/c1-17-7-10-20(11-8-17)38(34,35)31-16-23(21-5-3-4-6-25(21)36-2)22-13-19(15-30-27(22)31)18-9-12-24(28)26(14-18)37(29,32)33/h3-16H,28H2,1-2H3,(H2,29,32,33). The molecule has 0 saturated carbocycles. The van der Waals surface area contributed by atoms with Crippen molar-refractivity contribution >= 4 is 36.8 Å². The lowest BCUT2D eigenvalue weighted by molar-refractivity contribution is 0.416. The second-order valence-corrected chi connectivity index (χ2v) is 12.1. The smallest absolute Gasteiger partial charge is 0.269 e. The van der Waals surface area contributed by atoms with Crippen LogP contribution in [0, 0.1) is 6.92 Å². The zero-order chi connectivity index (χ0) is 27.2. The predicted octanol–water partition coefficient (Wildman–Crippen LogP) is 4.15. The summed E-state index contributed by atoms with van der Waals surface area (Å²) in [6.45, 7) is 1.88. The molecule has 2 aromatic heterocycles. The molecule has 9 nitrogen and oxygen atoms in total. The Morgan fingerprint density at radius 3 is 2.26 bits per heavy atom. The van der Waals surface area contributed by atoms with Gasteiger partial charge in [-0.25, -0.2) is 30.9 Å². The fourth-order valence-corrected chi connectivity index (χ4v) is 6.30. The molecule has 0 saturated heterocycles. The maximum Gasteiger partial charge on any atom is 0.269 e. The quantitative estimate of drug-likeness (QED) is 0.303. The van der Waals surface area contributed by atoms with Crippen LogP contribution < -0.4 is 15.6 Å². The van der Waals surface area contributed by atoms with Crippen LogP contribution in [0.1, 0.15) is 5.56 Å². The Balaban J connectivity index is 1.79. The first-order valence-electron chi connectivity index (χ1n) is 11.4. The van der Waals surface area contributed by atoms with Crippen LogP contribution in [0.4, 0.5) is 5.69 Å². The minimum atomic E-state index is -4.06. The fourth-order valence-electron chi connectivity index (χ4n) is 4.29. The van der Waals surface area contributed by atoms with Gasteiger partial charge in [0.2, 0.25) is 10.0 Å². The molecule has 5 rings (SSSR count). The Bertz CT molecular complexity index is 1910. The van der Waals surface area contributed by atoms with E-state index in [1.165, 1.54) is 31.6 Å². The first-order valence-corrected chi connectivity index (χ1v) is 14.4. The number of ether oxygens (including phenoxy) is 1. The van der Waals surface area contributed by atoms with Crippen LogP contribution >= 0.6 is 0 Å². The maximum absolute atomic E-state index is 13.7. The second-order valence-electron chi connectivity index (χ2n) is 8.75. The predicted molar refractivity (Wildman–Crippen MR) is 147 cm³/mol. The van der Waals surface area contributed by atoms with Gasteiger partial charge in [0.1, 0.15) is 10.6 Å². The number of para-hydroxylation sites is 1. The van der Waals surface area contributed by atoms with Gasteiger partial charge in [-0.15, -0.1) is 0 Å². The maximum atomic E-state index is 13.7. The third kappa shape index (κ3) is 4.40. The van der Waals surface area contributed by atoms with Crippen molar-refractivity contribution in [3.05, 3.63) is 90.8 Å². The Morgan fingerprint density at radius 2 is 1.58 bits per heavy atom. The van der Waals surface area contributed by atoms with E-state index in [0.29, 0.717) is 33.4 Å². The van der Waals surface area contributed by atoms with E-state index in [0.717, 1.165) is 9.54 Å². The van der Waals surface area contributed by atoms with Crippen molar-refractivity contribution in [2.45, 2.75) is 16.7 Å².